The maximum atomic E-state index is 13.2. The van der Waals surface area contributed by atoms with E-state index in [2.05, 4.69) is 10.2 Å². The van der Waals surface area contributed by atoms with Gasteiger partial charge in [-0.3, -0.25) is 14.7 Å². The maximum absolute atomic E-state index is 13.2. The van der Waals surface area contributed by atoms with Gasteiger partial charge < -0.3 is 15.5 Å². The predicted molar refractivity (Wildman–Crippen MR) is 134 cm³/mol. The lowest BCUT2D eigenvalue weighted by Gasteiger charge is -2.35. The van der Waals surface area contributed by atoms with Gasteiger partial charge in [-0.2, -0.15) is 18.3 Å². The molecule has 0 aliphatic carbocycles. The first-order valence-corrected chi connectivity index (χ1v) is 11.8. The van der Waals surface area contributed by atoms with Crippen molar-refractivity contribution in [1.82, 2.24) is 20.0 Å². The van der Waals surface area contributed by atoms with E-state index in [1.165, 1.54) is 11.0 Å². The van der Waals surface area contributed by atoms with Crippen LogP contribution in [0.25, 0.3) is 22.0 Å². The van der Waals surface area contributed by atoms with Crippen molar-refractivity contribution in [1.29, 1.82) is 0 Å². The Labute approximate surface area is 214 Å². The minimum Gasteiger partial charge on any atom is -0.382 e. The van der Waals surface area contributed by atoms with Crippen LogP contribution in [0, 0.1) is 0 Å². The van der Waals surface area contributed by atoms with E-state index >= 15 is 0 Å². The molecule has 0 unspecified atom stereocenters. The van der Waals surface area contributed by atoms with E-state index in [-0.39, 0.29) is 37.6 Å². The van der Waals surface area contributed by atoms with Crippen LogP contribution in [0.4, 0.5) is 19.0 Å². The zero-order valence-electron chi connectivity index (χ0n) is 19.3. The fourth-order valence-electron chi connectivity index (χ4n) is 4.38. The summed E-state index contributed by atoms with van der Waals surface area (Å²) in [5, 5.41) is 7.26. The van der Waals surface area contributed by atoms with Crippen molar-refractivity contribution in [2.45, 2.75) is 6.18 Å². The van der Waals surface area contributed by atoms with Gasteiger partial charge in [0.15, 0.2) is 5.82 Å². The number of nitrogens with zero attached hydrogens (tertiary/aromatic N) is 3. The molecule has 2 amide bonds. The average molecular weight is 528 g/mol. The number of H-pyrrole nitrogens is 1. The molecule has 1 aromatic heterocycles. The molecular formula is C26H21ClF3N5O2. The average Bonchev–Trinajstić information content (AvgIpc) is 3.27. The van der Waals surface area contributed by atoms with Crippen molar-refractivity contribution < 1.29 is 22.8 Å². The van der Waals surface area contributed by atoms with Crippen LogP contribution < -0.4 is 5.73 Å². The molecule has 4 aromatic rings. The van der Waals surface area contributed by atoms with Crippen molar-refractivity contribution in [3.05, 3.63) is 82.4 Å². The summed E-state index contributed by atoms with van der Waals surface area (Å²) in [6.45, 7) is 0.952. The third kappa shape index (κ3) is 4.84. The monoisotopic (exact) mass is 527 g/mol. The molecule has 1 aliphatic rings. The number of carbonyl (C=O) groups excluding carboxylic acids is 2. The van der Waals surface area contributed by atoms with Crippen LogP contribution in [-0.4, -0.2) is 58.0 Å². The van der Waals surface area contributed by atoms with Crippen molar-refractivity contribution in [2.24, 2.45) is 0 Å². The van der Waals surface area contributed by atoms with Crippen LogP contribution in [-0.2, 0) is 6.18 Å². The van der Waals surface area contributed by atoms with Crippen molar-refractivity contribution in [2.75, 3.05) is 31.9 Å². The zero-order chi connectivity index (χ0) is 26.3. The summed E-state index contributed by atoms with van der Waals surface area (Å²) >= 11 is 5.65. The van der Waals surface area contributed by atoms with Gasteiger partial charge in [0, 0.05) is 42.7 Å². The van der Waals surface area contributed by atoms with Gasteiger partial charge in [-0.1, -0.05) is 29.8 Å². The largest absolute Gasteiger partial charge is 0.417 e. The molecule has 1 fully saturated rings. The Kier molecular flexibility index (Phi) is 6.28. The first-order chi connectivity index (χ1) is 17.6. The number of nitrogen functional groups attached to an aromatic ring is 1. The molecule has 3 N–H and O–H groups in total. The molecule has 1 aliphatic heterocycles. The number of carbonyl (C=O) groups is 2. The Bertz CT molecular complexity index is 1490. The third-order valence-electron chi connectivity index (χ3n) is 6.43. The molecular weight excluding hydrogens is 507 g/mol. The Morgan fingerprint density at radius 3 is 2.03 bits per heavy atom. The first kappa shape index (κ1) is 24.6. The summed E-state index contributed by atoms with van der Waals surface area (Å²) in [6, 6.07) is 16.1. The van der Waals surface area contributed by atoms with Gasteiger partial charge in [-0.25, -0.2) is 0 Å². The van der Waals surface area contributed by atoms with Crippen molar-refractivity contribution in [3.8, 4) is 11.1 Å². The number of aromatic nitrogens is 2. The lowest BCUT2D eigenvalue weighted by atomic mass is 10.0. The van der Waals surface area contributed by atoms with Crippen molar-refractivity contribution >= 4 is 40.1 Å². The quantitative estimate of drug-likeness (QED) is 0.388. The lowest BCUT2D eigenvalue weighted by Crippen LogP contribution is -2.50. The van der Waals surface area contributed by atoms with Gasteiger partial charge >= 0.3 is 6.18 Å². The van der Waals surface area contributed by atoms with Crippen LogP contribution in [0.1, 0.15) is 26.3 Å². The van der Waals surface area contributed by atoms with Gasteiger partial charge in [0.05, 0.1) is 16.1 Å². The highest BCUT2D eigenvalue weighted by molar-refractivity contribution is 6.31. The SMILES string of the molecule is Nc1n[nH]c2cc(-c3ccc(C(=O)N4CCN(C(=O)c5ccc(Cl)c(C(F)(F)F)c5)CC4)cc3)ccc12. The van der Waals surface area contributed by atoms with Crippen LogP contribution >= 0.6 is 11.6 Å². The van der Waals surface area contributed by atoms with Crippen LogP contribution in [0.5, 0.6) is 0 Å². The fourth-order valence-corrected chi connectivity index (χ4v) is 4.60. The summed E-state index contributed by atoms with van der Waals surface area (Å²) in [4.78, 5) is 28.9. The Morgan fingerprint density at radius 1 is 0.838 bits per heavy atom. The molecule has 0 atom stereocenters. The number of benzene rings is 3. The number of hydrogen-bond donors (Lipinski definition) is 2. The summed E-state index contributed by atoms with van der Waals surface area (Å²) in [5.74, 6) is -0.278. The number of rotatable bonds is 3. The number of nitrogens with one attached hydrogen (secondary N) is 1. The number of fused-ring (bicyclic) bond motifs is 1. The van der Waals surface area contributed by atoms with Gasteiger partial charge in [0.1, 0.15) is 0 Å². The maximum Gasteiger partial charge on any atom is 0.417 e. The molecule has 0 saturated carbocycles. The highest BCUT2D eigenvalue weighted by atomic mass is 35.5. The second-order valence-electron chi connectivity index (χ2n) is 8.72. The van der Waals surface area contributed by atoms with Crippen LogP contribution in [0.2, 0.25) is 5.02 Å². The van der Waals surface area contributed by atoms with E-state index in [0.717, 1.165) is 34.2 Å². The zero-order valence-corrected chi connectivity index (χ0v) is 20.1. The molecule has 5 rings (SSSR count). The van der Waals surface area contributed by atoms with Gasteiger partial charge in [-0.05, 0) is 53.6 Å². The van der Waals surface area contributed by atoms with Crippen LogP contribution in [0.15, 0.2) is 60.7 Å². The number of amides is 2. The lowest BCUT2D eigenvalue weighted by molar-refractivity contribution is -0.137. The molecule has 2 heterocycles. The number of halogens is 4. The standard InChI is InChI=1S/C26H21ClF3N5O2/c27-21-8-6-18(13-20(21)26(28,29)30)25(37)35-11-9-34(10-12-35)24(36)16-3-1-15(2-4-16)17-5-7-19-22(14-17)32-33-23(19)31/h1-8,13-14H,9-12H2,(H3,31,32,33). The summed E-state index contributed by atoms with van der Waals surface area (Å²) < 4.78 is 39.5. The number of alkyl halides is 3. The van der Waals surface area contributed by atoms with Gasteiger partial charge in [0.25, 0.3) is 11.8 Å². The fraction of sp³-hybridized carbons (Fsp3) is 0.192. The smallest absolute Gasteiger partial charge is 0.382 e. The molecule has 0 bridgehead atoms. The highest BCUT2D eigenvalue weighted by Gasteiger charge is 2.34. The Hall–Kier alpha value is -4.05. The van der Waals surface area contributed by atoms with E-state index in [1.807, 2.05) is 30.3 Å². The van der Waals surface area contributed by atoms with E-state index in [0.29, 0.717) is 11.4 Å². The van der Waals surface area contributed by atoms with Crippen LogP contribution in [0.3, 0.4) is 0 Å². The summed E-state index contributed by atoms with van der Waals surface area (Å²) in [5.41, 5.74) is 7.85. The molecule has 37 heavy (non-hydrogen) atoms. The predicted octanol–water partition coefficient (Wildman–Crippen LogP) is 5.08. The summed E-state index contributed by atoms with van der Waals surface area (Å²) in [7, 11) is 0. The van der Waals surface area contributed by atoms with Gasteiger partial charge in [0.2, 0.25) is 0 Å². The molecule has 3 aromatic carbocycles. The number of anilines is 1. The highest BCUT2D eigenvalue weighted by Crippen LogP contribution is 2.35. The first-order valence-electron chi connectivity index (χ1n) is 11.4. The normalized spacial score (nSPS) is 14.3. The summed E-state index contributed by atoms with van der Waals surface area (Å²) in [6.07, 6.45) is -4.66. The van der Waals surface area contributed by atoms with Gasteiger partial charge in [-0.15, -0.1) is 0 Å². The molecule has 1 saturated heterocycles. The van der Waals surface area contributed by atoms with E-state index in [9.17, 15) is 22.8 Å². The number of nitrogens with two attached hydrogens (primary N) is 1. The molecule has 0 radical (unpaired) electrons. The minimum absolute atomic E-state index is 0.0944. The minimum atomic E-state index is -4.66. The van der Waals surface area contributed by atoms with E-state index in [4.69, 9.17) is 17.3 Å². The van der Waals surface area contributed by atoms with E-state index in [1.54, 1.807) is 17.0 Å². The third-order valence-corrected chi connectivity index (χ3v) is 6.76. The second kappa shape index (κ2) is 9.44. The topological polar surface area (TPSA) is 95.3 Å². The Morgan fingerprint density at radius 2 is 1.41 bits per heavy atom. The number of piperazine rings is 1. The molecule has 11 heteroatoms. The number of hydrogen-bond acceptors (Lipinski definition) is 4. The van der Waals surface area contributed by atoms with E-state index < -0.39 is 22.7 Å². The molecule has 0 spiro atoms. The molecule has 7 nitrogen and oxygen atoms in total. The molecule has 190 valence electrons. The van der Waals surface area contributed by atoms with Crippen molar-refractivity contribution in [3.63, 3.8) is 0 Å². The second-order valence-corrected chi connectivity index (χ2v) is 9.13. The Balaban J connectivity index is 1.23. The number of aromatic amines is 1.